The van der Waals surface area contributed by atoms with E-state index in [2.05, 4.69) is 21.2 Å². The number of aromatic hydroxyl groups is 1. The number of nitrogens with zero attached hydrogens (tertiary/aromatic N) is 1. The van der Waals surface area contributed by atoms with Crippen molar-refractivity contribution < 1.29 is 14.8 Å². The molecule has 20 heavy (non-hydrogen) atoms. The maximum atomic E-state index is 12.0. The van der Waals surface area contributed by atoms with Gasteiger partial charge in [0.15, 0.2) is 0 Å². The third-order valence-corrected chi connectivity index (χ3v) is 3.05. The fraction of sp³-hybridized carbons (Fsp3) is 0. The summed E-state index contributed by atoms with van der Waals surface area (Å²) in [4.78, 5) is 22.2. The lowest BCUT2D eigenvalue weighted by Gasteiger charge is -2.06. The number of anilines is 1. The molecule has 0 unspecified atom stereocenters. The fourth-order valence-corrected chi connectivity index (χ4v) is 1.86. The van der Waals surface area contributed by atoms with Crippen molar-refractivity contribution in [1.29, 1.82) is 0 Å². The third-order valence-electron chi connectivity index (χ3n) is 2.52. The maximum absolute atomic E-state index is 12.0. The third kappa shape index (κ3) is 3.12. The van der Waals surface area contributed by atoms with Crippen molar-refractivity contribution in [3.63, 3.8) is 0 Å². The molecule has 6 nitrogen and oxygen atoms in total. The van der Waals surface area contributed by atoms with Gasteiger partial charge in [-0.2, -0.15) is 0 Å². The lowest BCUT2D eigenvalue weighted by molar-refractivity contribution is -0.385. The molecule has 0 fully saturated rings. The highest BCUT2D eigenvalue weighted by Crippen LogP contribution is 2.24. The summed E-state index contributed by atoms with van der Waals surface area (Å²) in [5, 5.41) is 22.8. The second kappa shape index (κ2) is 5.70. The highest BCUT2D eigenvalue weighted by molar-refractivity contribution is 9.10. The van der Waals surface area contributed by atoms with Crippen LogP contribution in [0.25, 0.3) is 0 Å². The maximum Gasteiger partial charge on any atom is 0.282 e. The minimum absolute atomic E-state index is 0.196. The first-order valence-electron chi connectivity index (χ1n) is 5.51. The van der Waals surface area contributed by atoms with Crippen LogP contribution >= 0.6 is 15.9 Å². The second-order valence-corrected chi connectivity index (χ2v) is 4.84. The zero-order valence-corrected chi connectivity index (χ0v) is 11.6. The quantitative estimate of drug-likeness (QED) is 0.664. The largest absolute Gasteiger partial charge is 0.508 e. The molecule has 0 heterocycles. The molecular weight excluding hydrogens is 328 g/mol. The highest BCUT2D eigenvalue weighted by atomic mass is 79.9. The molecule has 0 radical (unpaired) electrons. The van der Waals surface area contributed by atoms with Crippen molar-refractivity contribution in [2.75, 3.05) is 5.32 Å². The molecule has 0 saturated carbocycles. The molecule has 0 spiro atoms. The van der Waals surface area contributed by atoms with Crippen LogP contribution in [0.1, 0.15) is 10.4 Å². The Morgan fingerprint density at radius 3 is 2.45 bits per heavy atom. The van der Waals surface area contributed by atoms with Gasteiger partial charge in [0.1, 0.15) is 11.3 Å². The molecule has 0 aromatic heterocycles. The summed E-state index contributed by atoms with van der Waals surface area (Å²) < 4.78 is 0.846. The van der Waals surface area contributed by atoms with Gasteiger partial charge in [-0.15, -0.1) is 0 Å². The van der Waals surface area contributed by atoms with E-state index in [0.29, 0.717) is 5.69 Å². The number of rotatable bonds is 3. The smallest absolute Gasteiger partial charge is 0.282 e. The molecule has 0 atom stereocenters. The standard InChI is InChI=1S/C13H9BrN2O4/c14-8-1-3-9(4-2-8)15-13(18)11-7-10(17)5-6-12(11)16(19)20/h1-7,17H,(H,15,18). The zero-order chi connectivity index (χ0) is 14.7. The van der Waals surface area contributed by atoms with E-state index < -0.39 is 10.8 Å². The number of phenolic OH excluding ortho intramolecular Hbond substituents is 1. The first-order chi connectivity index (χ1) is 9.47. The average molecular weight is 337 g/mol. The Bertz CT molecular complexity index is 671. The molecule has 0 aliphatic rings. The van der Waals surface area contributed by atoms with Crippen LogP contribution < -0.4 is 5.32 Å². The van der Waals surface area contributed by atoms with E-state index in [1.807, 2.05) is 0 Å². The lowest BCUT2D eigenvalue weighted by Crippen LogP contribution is -2.13. The van der Waals surface area contributed by atoms with Crippen LogP contribution in [-0.4, -0.2) is 15.9 Å². The zero-order valence-electron chi connectivity index (χ0n) is 10.0. The summed E-state index contributed by atoms with van der Waals surface area (Å²) in [5.41, 5.74) is -0.0637. The number of carbonyl (C=O) groups excluding carboxylic acids is 1. The Hall–Kier alpha value is -2.41. The van der Waals surface area contributed by atoms with E-state index in [-0.39, 0.29) is 17.0 Å². The second-order valence-electron chi connectivity index (χ2n) is 3.92. The minimum Gasteiger partial charge on any atom is -0.508 e. The Kier molecular flexibility index (Phi) is 3.99. The normalized spacial score (nSPS) is 10.1. The number of halogens is 1. The van der Waals surface area contributed by atoms with Gasteiger partial charge in [-0.3, -0.25) is 14.9 Å². The molecule has 2 aromatic carbocycles. The van der Waals surface area contributed by atoms with Crippen molar-refractivity contribution in [2.24, 2.45) is 0 Å². The number of hydrogen-bond acceptors (Lipinski definition) is 4. The van der Waals surface area contributed by atoms with Gasteiger partial charge in [0, 0.05) is 16.2 Å². The number of benzene rings is 2. The molecule has 2 aromatic rings. The van der Waals surface area contributed by atoms with Crippen LogP contribution in [0.15, 0.2) is 46.9 Å². The first-order valence-corrected chi connectivity index (χ1v) is 6.31. The van der Waals surface area contributed by atoms with Crippen LogP contribution in [0.5, 0.6) is 5.75 Å². The van der Waals surface area contributed by atoms with E-state index in [0.717, 1.165) is 22.7 Å². The van der Waals surface area contributed by atoms with E-state index in [1.165, 1.54) is 0 Å². The van der Waals surface area contributed by atoms with E-state index in [9.17, 15) is 20.0 Å². The molecule has 7 heteroatoms. The van der Waals surface area contributed by atoms with Gasteiger partial charge in [0.25, 0.3) is 11.6 Å². The van der Waals surface area contributed by atoms with Crippen molar-refractivity contribution in [3.8, 4) is 5.75 Å². The molecule has 2 rings (SSSR count). The highest BCUT2D eigenvalue weighted by Gasteiger charge is 2.20. The SMILES string of the molecule is O=C(Nc1ccc(Br)cc1)c1cc(O)ccc1[N+](=O)[O-]. The van der Waals surface area contributed by atoms with Crippen LogP contribution in [0.4, 0.5) is 11.4 Å². The van der Waals surface area contributed by atoms with Crippen LogP contribution in [0.2, 0.25) is 0 Å². The summed E-state index contributed by atoms with van der Waals surface area (Å²) in [6.45, 7) is 0. The molecule has 0 saturated heterocycles. The van der Waals surface area contributed by atoms with Gasteiger partial charge in [-0.1, -0.05) is 15.9 Å². The van der Waals surface area contributed by atoms with Gasteiger partial charge in [-0.05, 0) is 36.4 Å². The number of amides is 1. The topological polar surface area (TPSA) is 92.5 Å². The van der Waals surface area contributed by atoms with Crippen LogP contribution in [-0.2, 0) is 0 Å². The Morgan fingerprint density at radius 2 is 1.85 bits per heavy atom. The summed E-state index contributed by atoms with van der Waals surface area (Å²) in [7, 11) is 0. The number of phenols is 1. The van der Waals surface area contributed by atoms with E-state index >= 15 is 0 Å². The van der Waals surface area contributed by atoms with Crippen molar-refractivity contribution >= 4 is 33.2 Å². The molecule has 0 aliphatic heterocycles. The van der Waals surface area contributed by atoms with Gasteiger partial charge >= 0.3 is 0 Å². The summed E-state index contributed by atoms with van der Waals surface area (Å²) in [6.07, 6.45) is 0. The van der Waals surface area contributed by atoms with Gasteiger partial charge in [-0.25, -0.2) is 0 Å². The number of nitrogens with one attached hydrogen (secondary N) is 1. The average Bonchev–Trinajstić information content (AvgIpc) is 2.41. The predicted molar refractivity (Wildman–Crippen MR) is 76.9 cm³/mol. The van der Waals surface area contributed by atoms with E-state index in [1.54, 1.807) is 24.3 Å². The Labute approximate surface area is 122 Å². The fourth-order valence-electron chi connectivity index (χ4n) is 1.60. The van der Waals surface area contributed by atoms with Gasteiger partial charge in [0.05, 0.1) is 4.92 Å². The summed E-state index contributed by atoms with van der Waals surface area (Å²) >= 11 is 3.26. The van der Waals surface area contributed by atoms with Crippen molar-refractivity contribution in [3.05, 3.63) is 62.6 Å². The molecule has 0 bridgehead atoms. The molecule has 2 N–H and O–H groups in total. The summed E-state index contributed by atoms with van der Waals surface area (Å²) in [5.74, 6) is -0.869. The molecule has 102 valence electrons. The Balaban J connectivity index is 2.31. The van der Waals surface area contributed by atoms with Gasteiger partial charge < -0.3 is 10.4 Å². The van der Waals surface area contributed by atoms with Crippen LogP contribution in [0.3, 0.4) is 0 Å². The number of carbonyl (C=O) groups is 1. The first kappa shape index (κ1) is 14.0. The minimum atomic E-state index is -0.671. The molecular formula is C13H9BrN2O4. The number of nitro groups is 1. The molecule has 1 amide bonds. The number of nitro benzene ring substituents is 1. The van der Waals surface area contributed by atoms with E-state index in [4.69, 9.17) is 0 Å². The molecule has 0 aliphatic carbocycles. The van der Waals surface area contributed by atoms with Gasteiger partial charge in [0.2, 0.25) is 0 Å². The summed E-state index contributed by atoms with van der Waals surface area (Å²) in [6, 6.07) is 10.1. The lowest BCUT2D eigenvalue weighted by atomic mass is 10.1. The number of hydrogen-bond donors (Lipinski definition) is 2. The van der Waals surface area contributed by atoms with Crippen LogP contribution in [0, 0.1) is 10.1 Å². The monoisotopic (exact) mass is 336 g/mol. The van der Waals surface area contributed by atoms with Crippen molar-refractivity contribution in [1.82, 2.24) is 0 Å². The Morgan fingerprint density at radius 1 is 1.20 bits per heavy atom. The predicted octanol–water partition coefficient (Wildman–Crippen LogP) is 3.32. The van der Waals surface area contributed by atoms with Crippen molar-refractivity contribution in [2.45, 2.75) is 0 Å².